The number of fused-ring (bicyclic) bond motifs is 1. The standard InChI is InChI=1S/C23H33N5O5/c1-5-16(6-2)24-22(29)20-14-28(18-11-9-10-12-19(18)33-20)23(30)17-13-27(26-25-17)15-21(31-7-3)32-8-4/h9-13,16,20-21H,5-8,14-15H2,1-4H3,(H,24,29). The number of rotatable bonds is 11. The molecule has 2 aromatic rings. The first-order valence-electron chi connectivity index (χ1n) is 11.5. The van der Waals surface area contributed by atoms with Crippen molar-refractivity contribution in [2.24, 2.45) is 0 Å². The fraction of sp³-hybridized carbons (Fsp3) is 0.565. The number of carbonyl (C=O) groups excluding carboxylic acids is 2. The van der Waals surface area contributed by atoms with Gasteiger partial charge in [0.05, 0.1) is 25.0 Å². The zero-order valence-electron chi connectivity index (χ0n) is 19.7. The maximum Gasteiger partial charge on any atom is 0.280 e. The molecule has 1 N–H and O–H groups in total. The summed E-state index contributed by atoms with van der Waals surface area (Å²) in [4.78, 5) is 27.8. The van der Waals surface area contributed by atoms with E-state index < -0.39 is 12.4 Å². The number of amides is 2. The maximum atomic E-state index is 13.4. The van der Waals surface area contributed by atoms with E-state index in [1.165, 1.54) is 9.58 Å². The van der Waals surface area contributed by atoms with Crippen molar-refractivity contribution >= 4 is 17.5 Å². The molecule has 0 fully saturated rings. The average Bonchev–Trinajstić information content (AvgIpc) is 3.30. The van der Waals surface area contributed by atoms with E-state index >= 15 is 0 Å². The van der Waals surface area contributed by atoms with Crippen LogP contribution in [0.25, 0.3) is 0 Å². The molecule has 2 amide bonds. The Hall–Kier alpha value is -2.98. The third kappa shape index (κ3) is 6.08. The minimum Gasteiger partial charge on any atom is -0.477 e. The molecule has 10 nitrogen and oxygen atoms in total. The summed E-state index contributed by atoms with van der Waals surface area (Å²) in [6.45, 7) is 9.18. The summed E-state index contributed by atoms with van der Waals surface area (Å²) in [6, 6.07) is 7.22. The summed E-state index contributed by atoms with van der Waals surface area (Å²) in [6.07, 6.45) is 1.90. The number of carbonyl (C=O) groups is 2. The number of ether oxygens (including phenoxy) is 3. The zero-order chi connectivity index (χ0) is 23.8. The van der Waals surface area contributed by atoms with Gasteiger partial charge in [0.15, 0.2) is 18.1 Å². The summed E-state index contributed by atoms with van der Waals surface area (Å²) in [5, 5.41) is 11.1. The normalized spacial score (nSPS) is 15.5. The van der Waals surface area contributed by atoms with Crippen LogP contribution in [-0.4, -0.2) is 65.0 Å². The molecule has 1 atom stereocenters. The molecule has 1 aromatic heterocycles. The monoisotopic (exact) mass is 459 g/mol. The third-order valence-electron chi connectivity index (χ3n) is 5.44. The molecule has 180 valence electrons. The van der Waals surface area contributed by atoms with Crippen LogP contribution >= 0.6 is 0 Å². The van der Waals surface area contributed by atoms with Crippen LogP contribution in [-0.2, 0) is 20.8 Å². The average molecular weight is 460 g/mol. The van der Waals surface area contributed by atoms with Crippen LogP contribution in [0.15, 0.2) is 30.5 Å². The highest BCUT2D eigenvalue weighted by atomic mass is 16.7. The number of nitrogens with one attached hydrogen (secondary N) is 1. The molecule has 1 aromatic carbocycles. The molecule has 0 bridgehead atoms. The molecule has 0 saturated heterocycles. The van der Waals surface area contributed by atoms with Crippen molar-refractivity contribution in [1.82, 2.24) is 20.3 Å². The van der Waals surface area contributed by atoms with Gasteiger partial charge in [0.25, 0.3) is 11.8 Å². The largest absolute Gasteiger partial charge is 0.477 e. The van der Waals surface area contributed by atoms with Gasteiger partial charge in [-0.15, -0.1) is 5.10 Å². The van der Waals surface area contributed by atoms with E-state index in [9.17, 15) is 9.59 Å². The fourth-order valence-electron chi connectivity index (χ4n) is 3.65. The molecule has 1 aliphatic heterocycles. The van der Waals surface area contributed by atoms with Crippen molar-refractivity contribution in [2.45, 2.75) is 65.5 Å². The van der Waals surface area contributed by atoms with Crippen LogP contribution in [0.1, 0.15) is 51.0 Å². The van der Waals surface area contributed by atoms with Crippen LogP contribution < -0.4 is 15.0 Å². The Labute approximate surface area is 194 Å². The highest BCUT2D eigenvalue weighted by Gasteiger charge is 2.35. The van der Waals surface area contributed by atoms with E-state index in [1.54, 1.807) is 24.4 Å². The Morgan fingerprint density at radius 2 is 1.85 bits per heavy atom. The molecule has 10 heteroatoms. The minimum absolute atomic E-state index is 0.0611. The number of hydrogen-bond donors (Lipinski definition) is 1. The van der Waals surface area contributed by atoms with Crippen LogP contribution in [0.3, 0.4) is 0 Å². The van der Waals surface area contributed by atoms with Gasteiger partial charge in [-0.25, -0.2) is 4.68 Å². The Morgan fingerprint density at radius 1 is 1.15 bits per heavy atom. The van der Waals surface area contributed by atoms with Crippen LogP contribution in [0.2, 0.25) is 0 Å². The van der Waals surface area contributed by atoms with Gasteiger partial charge < -0.3 is 19.5 Å². The van der Waals surface area contributed by atoms with Crippen LogP contribution in [0.5, 0.6) is 5.75 Å². The molecule has 1 unspecified atom stereocenters. The highest BCUT2D eigenvalue weighted by molar-refractivity contribution is 6.06. The molecule has 0 radical (unpaired) electrons. The molecule has 0 saturated carbocycles. The number of aromatic nitrogens is 3. The first-order valence-corrected chi connectivity index (χ1v) is 11.5. The van der Waals surface area contributed by atoms with E-state index in [1.807, 2.05) is 33.8 Å². The van der Waals surface area contributed by atoms with E-state index in [2.05, 4.69) is 15.6 Å². The SMILES string of the molecule is CCOC(Cn1cc(C(=O)N2CC(C(=O)NC(CC)CC)Oc3ccccc32)nn1)OCC. The number of nitrogens with zero attached hydrogens (tertiary/aromatic N) is 4. The third-order valence-corrected chi connectivity index (χ3v) is 5.44. The van der Waals surface area contributed by atoms with Crippen molar-refractivity contribution in [3.8, 4) is 5.75 Å². The number of hydrogen-bond acceptors (Lipinski definition) is 7. The van der Waals surface area contributed by atoms with Gasteiger partial charge in [0, 0.05) is 19.3 Å². The molecule has 33 heavy (non-hydrogen) atoms. The first kappa shape index (κ1) is 24.7. The molecule has 0 aliphatic carbocycles. The van der Waals surface area contributed by atoms with Crippen LogP contribution in [0, 0.1) is 0 Å². The summed E-state index contributed by atoms with van der Waals surface area (Å²) < 4.78 is 18.5. The van der Waals surface area contributed by atoms with Gasteiger partial charge in [-0.3, -0.25) is 14.5 Å². The van der Waals surface area contributed by atoms with E-state index in [0.29, 0.717) is 31.2 Å². The molecule has 0 spiro atoms. The minimum atomic E-state index is -0.820. The lowest BCUT2D eigenvalue weighted by atomic mass is 10.1. The Morgan fingerprint density at radius 3 is 2.52 bits per heavy atom. The number of anilines is 1. The first-order chi connectivity index (χ1) is 16.0. The summed E-state index contributed by atoms with van der Waals surface area (Å²) >= 11 is 0. The van der Waals surface area contributed by atoms with Crippen molar-refractivity contribution in [2.75, 3.05) is 24.7 Å². The fourth-order valence-corrected chi connectivity index (χ4v) is 3.65. The predicted octanol–water partition coefficient (Wildman–Crippen LogP) is 2.39. The van der Waals surface area contributed by atoms with Gasteiger partial charge in [-0.05, 0) is 38.8 Å². The van der Waals surface area contributed by atoms with E-state index in [4.69, 9.17) is 14.2 Å². The van der Waals surface area contributed by atoms with Gasteiger partial charge in [0.1, 0.15) is 5.75 Å². The molecule has 1 aliphatic rings. The quantitative estimate of drug-likeness (QED) is 0.514. The molecular formula is C23H33N5O5. The predicted molar refractivity (Wildman–Crippen MR) is 122 cm³/mol. The van der Waals surface area contributed by atoms with Crippen LogP contribution in [0.4, 0.5) is 5.69 Å². The molecule has 3 rings (SSSR count). The summed E-state index contributed by atoms with van der Waals surface area (Å²) in [5.41, 5.74) is 0.753. The van der Waals surface area contributed by atoms with Gasteiger partial charge in [-0.1, -0.05) is 31.2 Å². The van der Waals surface area contributed by atoms with Gasteiger partial charge >= 0.3 is 0 Å². The molecule has 2 heterocycles. The highest BCUT2D eigenvalue weighted by Crippen LogP contribution is 2.34. The lowest BCUT2D eigenvalue weighted by molar-refractivity contribution is -0.145. The lowest BCUT2D eigenvalue weighted by Crippen LogP contribution is -2.52. The van der Waals surface area contributed by atoms with Crippen molar-refractivity contribution < 1.29 is 23.8 Å². The second kappa shape index (κ2) is 11.8. The Kier molecular flexibility index (Phi) is 8.79. The topological polar surface area (TPSA) is 108 Å². The number of benzene rings is 1. The van der Waals surface area contributed by atoms with E-state index in [-0.39, 0.29) is 30.1 Å². The number of para-hydroxylation sites is 2. The summed E-state index contributed by atoms with van der Waals surface area (Å²) in [5.74, 6) is -0.125. The second-order valence-electron chi connectivity index (χ2n) is 7.68. The summed E-state index contributed by atoms with van der Waals surface area (Å²) in [7, 11) is 0. The van der Waals surface area contributed by atoms with E-state index in [0.717, 1.165) is 12.8 Å². The van der Waals surface area contributed by atoms with Crippen molar-refractivity contribution in [3.63, 3.8) is 0 Å². The molecular weight excluding hydrogens is 426 g/mol. The lowest BCUT2D eigenvalue weighted by Gasteiger charge is -2.34. The second-order valence-corrected chi connectivity index (χ2v) is 7.68. The Bertz CT molecular complexity index is 923. The van der Waals surface area contributed by atoms with Gasteiger partial charge in [-0.2, -0.15) is 0 Å². The Balaban J connectivity index is 1.78. The van der Waals surface area contributed by atoms with Crippen molar-refractivity contribution in [1.29, 1.82) is 0 Å². The smallest absolute Gasteiger partial charge is 0.280 e. The van der Waals surface area contributed by atoms with Gasteiger partial charge in [0.2, 0.25) is 0 Å². The maximum absolute atomic E-state index is 13.4. The van der Waals surface area contributed by atoms with Crippen molar-refractivity contribution in [3.05, 3.63) is 36.2 Å². The zero-order valence-corrected chi connectivity index (χ0v) is 19.7.